The fraction of sp³-hybridized carbons (Fsp3) is 0.500. The Bertz CT molecular complexity index is 897. The lowest BCUT2D eigenvalue weighted by Gasteiger charge is -2.32. The molecule has 0 saturated carbocycles. The third kappa shape index (κ3) is 3.44. The first-order chi connectivity index (χ1) is 13.4. The summed E-state index contributed by atoms with van der Waals surface area (Å²) in [6.07, 6.45) is 8.63. The number of likely N-dealkylation sites (tertiary alicyclic amines) is 1. The zero-order valence-electron chi connectivity index (χ0n) is 15.4. The molecule has 0 amide bonds. The van der Waals surface area contributed by atoms with Crippen molar-refractivity contribution in [3.8, 4) is 11.3 Å². The Kier molecular flexibility index (Phi) is 4.55. The van der Waals surface area contributed by atoms with Crippen LogP contribution in [0.4, 0.5) is 0 Å². The molecule has 0 aliphatic carbocycles. The van der Waals surface area contributed by atoms with Crippen LogP contribution in [-0.4, -0.2) is 62.0 Å². The van der Waals surface area contributed by atoms with Gasteiger partial charge in [-0.3, -0.25) is 4.98 Å². The number of hydrogen-bond acceptors (Lipinski definition) is 6. The van der Waals surface area contributed by atoms with Crippen molar-refractivity contribution in [2.45, 2.75) is 37.7 Å². The van der Waals surface area contributed by atoms with Crippen molar-refractivity contribution >= 4 is 5.65 Å². The minimum Gasteiger partial charge on any atom is -0.377 e. The molecule has 2 fully saturated rings. The predicted octanol–water partition coefficient (Wildman–Crippen LogP) is 2.54. The highest BCUT2D eigenvalue weighted by molar-refractivity contribution is 5.58. The van der Waals surface area contributed by atoms with Crippen LogP contribution in [-0.2, 0) is 4.74 Å². The van der Waals surface area contributed by atoms with E-state index in [0.717, 1.165) is 61.8 Å². The number of pyridine rings is 1. The highest BCUT2D eigenvalue weighted by Crippen LogP contribution is 2.28. The van der Waals surface area contributed by atoms with Crippen molar-refractivity contribution in [3.05, 3.63) is 42.5 Å². The van der Waals surface area contributed by atoms with Gasteiger partial charge < -0.3 is 9.64 Å². The van der Waals surface area contributed by atoms with Gasteiger partial charge in [-0.15, -0.1) is 10.2 Å². The molecule has 27 heavy (non-hydrogen) atoms. The average Bonchev–Trinajstić information content (AvgIpc) is 3.39. The van der Waals surface area contributed by atoms with E-state index in [1.807, 2.05) is 35.0 Å². The number of aromatic nitrogens is 5. The van der Waals surface area contributed by atoms with Gasteiger partial charge in [-0.2, -0.15) is 9.61 Å². The molecule has 7 heteroatoms. The van der Waals surface area contributed by atoms with E-state index in [0.29, 0.717) is 12.0 Å². The van der Waals surface area contributed by atoms with Crippen LogP contribution in [0.2, 0.25) is 0 Å². The molecule has 0 aromatic carbocycles. The lowest BCUT2D eigenvalue weighted by atomic mass is 9.96. The highest BCUT2D eigenvalue weighted by atomic mass is 16.5. The van der Waals surface area contributed by atoms with Gasteiger partial charge >= 0.3 is 0 Å². The second-order valence-corrected chi connectivity index (χ2v) is 7.50. The Morgan fingerprint density at radius 3 is 2.78 bits per heavy atom. The summed E-state index contributed by atoms with van der Waals surface area (Å²) in [5, 5.41) is 13.6. The molecule has 2 aliphatic heterocycles. The maximum Gasteiger partial charge on any atom is 0.177 e. The minimum atomic E-state index is 0.400. The van der Waals surface area contributed by atoms with E-state index in [1.165, 1.54) is 12.8 Å². The van der Waals surface area contributed by atoms with Crippen molar-refractivity contribution in [3.63, 3.8) is 0 Å². The Morgan fingerprint density at radius 2 is 2.00 bits per heavy atom. The summed E-state index contributed by atoms with van der Waals surface area (Å²) in [7, 11) is 0. The number of nitrogens with zero attached hydrogens (tertiary/aromatic N) is 6. The number of fused-ring (bicyclic) bond motifs is 1. The molecule has 0 bridgehead atoms. The molecule has 3 aromatic heterocycles. The van der Waals surface area contributed by atoms with E-state index in [-0.39, 0.29) is 0 Å². The lowest BCUT2D eigenvalue weighted by Crippen LogP contribution is -2.38. The monoisotopic (exact) mass is 364 g/mol. The molecular formula is C20H24N6O. The van der Waals surface area contributed by atoms with Crippen LogP contribution in [0.3, 0.4) is 0 Å². The number of hydrogen-bond donors (Lipinski definition) is 0. The summed E-state index contributed by atoms with van der Waals surface area (Å²) in [5.74, 6) is 1.38. The quantitative estimate of drug-likeness (QED) is 0.709. The fourth-order valence-corrected chi connectivity index (χ4v) is 4.18. The maximum atomic E-state index is 5.78. The first kappa shape index (κ1) is 16.8. The highest BCUT2D eigenvalue weighted by Gasteiger charge is 2.27. The molecule has 2 saturated heterocycles. The Hall–Kier alpha value is -2.38. The van der Waals surface area contributed by atoms with Gasteiger partial charge in [0.25, 0.3) is 0 Å². The largest absolute Gasteiger partial charge is 0.377 e. The van der Waals surface area contributed by atoms with E-state index in [4.69, 9.17) is 9.84 Å². The molecular weight excluding hydrogens is 340 g/mol. The van der Waals surface area contributed by atoms with Crippen molar-refractivity contribution in [2.75, 3.05) is 26.2 Å². The van der Waals surface area contributed by atoms with Crippen LogP contribution >= 0.6 is 0 Å². The smallest absolute Gasteiger partial charge is 0.177 e. The summed E-state index contributed by atoms with van der Waals surface area (Å²) in [5.41, 5.74) is 2.71. The lowest BCUT2D eigenvalue weighted by molar-refractivity contribution is 0.0639. The molecule has 1 atom stereocenters. The van der Waals surface area contributed by atoms with E-state index < -0.39 is 0 Å². The van der Waals surface area contributed by atoms with Crippen LogP contribution in [0.1, 0.15) is 37.4 Å². The van der Waals surface area contributed by atoms with E-state index in [1.54, 1.807) is 6.20 Å². The molecule has 7 nitrogen and oxygen atoms in total. The van der Waals surface area contributed by atoms with Gasteiger partial charge in [-0.1, -0.05) is 0 Å². The molecule has 3 aromatic rings. The van der Waals surface area contributed by atoms with Crippen LogP contribution in [0, 0.1) is 0 Å². The maximum absolute atomic E-state index is 5.78. The number of rotatable bonds is 4. The minimum absolute atomic E-state index is 0.400. The summed E-state index contributed by atoms with van der Waals surface area (Å²) in [6, 6.07) is 7.92. The fourth-order valence-electron chi connectivity index (χ4n) is 4.18. The molecule has 0 spiro atoms. The number of piperidine rings is 1. The Balaban J connectivity index is 1.33. The van der Waals surface area contributed by atoms with Gasteiger partial charge in [0.1, 0.15) is 0 Å². The Morgan fingerprint density at radius 1 is 1.07 bits per heavy atom. The first-order valence-corrected chi connectivity index (χ1v) is 9.83. The topological polar surface area (TPSA) is 68.4 Å². The van der Waals surface area contributed by atoms with Crippen molar-refractivity contribution in [1.29, 1.82) is 0 Å². The zero-order valence-corrected chi connectivity index (χ0v) is 15.4. The third-order valence-corrected chi connectivity index (χ3v) is 5.68. The zero-order chi connectivity index (χ0) is 18.1. The second kappa shape index (κ2) is 7.32. The molecule has 2 aliphatic rings. The average molecular weight is 364 g/mol. The summed E-state index contributed by atoms with van der Waals surface area (Å²) < 4.78 is 7.70. The van der Waals surface area contributed by atoms with Crippen molar-refractivity contribution in [2.24, 2.45) is 0 Å². The SMILES string of the molecule is c1cncc(-c2ccc3nnc(C4CCN(CC5CCCO5)CC4)n3n2)c1. The Labute approximate surface area is 158 Å². The third-order valence-electron chi connectivity index (χ3n) is 5.68. The van der Waals surface area contributed by atoms with E-state index in [9.17, 15) is 0 Å². The van der Waals surface area contributed by atoms with Gasteiger partial charge in [0, 0.05) is 37.0 Å². The van der Waals surface area contributed by atoms with Gasteiger partial charge in [-0.05, 0) is 63.0 Å². The van der Waals surface area contributed by atoms with Gasteiger partial charge in [-0.25, -0.2) is 0 Å². The van der Waals surface area contributed by atoms with Crippen molar-refractivity contribution < 1.29 is 4.74 Å². The van der Waals surface area contributed by atoms with Gasteiger partial charge in [0.2, 0.25) is 0 Å². The molecule has 5 heterocycles. The number of ether oxygens (including phenoxy) is 1. The van der Waals surface area contributed by atoms with Crippen LogP contribution in [0.25, 0.3) is 16.9 Å². The predicted molar refractivity (Wildman–Crippen MR) is 101 cm³/mol. The molecule has 0 radical (unpaired) electrons. The first-order valence-electron chi connectivity index (χ1n) is 9.83. The second-order valence-electron chi connectivity index (χ2n) is 7.50. The van der Waals surface area contributed by atoms with Gasteiger partial charge in [0.15, 0.2) is 11.5 Å². The summed E-state index contributed by atoms with van der Waals surface area (Å²) in [4.78, 5) is 6.73. The molecule has 0 N–H and O–H groups in total. The summed E-state index contributed by atoms with van der Waals surface area (Å²) >= 11 is 0. The van der Waals surface area contributed by atoms with Crippen LogP contribution in [0.5, 0.6) is 0 Å². The standard InChI is InChI=1S/C20H24N6O/c1-3-16(13-21-9-1)18-5-6-19-22-23-20(26(19)24-18)15-7-10-25(11-8-15)14-17-4-2-12-27-17/h1,3,5-6,9,13,15,17H,2,4,7-8,10-12,14H2. The summed E-state index contributed by atoms with van der Waals surface area (Å²) in [6.45, 7) is 4.16. The molecule has 1 unspecified atom stereocenters. The normalized spacial score (nSPS) is 21.9. The van der Waals surface area contributed by atoms with E-state index in [2.05, 4.69) is 20.1 Å². The molecule has 140 valence electrons. The van der Waals surface area contributed by atoms with Crippen molar-refractivity contribution in [1.82, 2.24) is 29.7 Å². The van der Waals surface area contributed by atoms with E-state index >= 15 is 0 Å². The van der Waals surface area contributed by atoms with Crippen LogP contribution < -0.4 is 0 Å². The van der Waals surface area contributed by atoms with Crippen LogP contribution in [0.15, 0.2) is 36.7 Å². The van der Waals surface area contributed by atoms with Gasteiger partial charge in [0.05, 0.1) is 11.8 Å². The molecule has 5 rings (SSSR count).